The normalized spacial score (nSPS) is 14.8. The van der Waals surface area contributed by atoms with Gasteiger partial charge in [0.25, 0.3) is 11.8 Å². The lowest BCUT2D eigenvalue weighted by molar-refractivity contribution is -0.124. The van der Waals surface area contributed by atoms with Crippen LogP contribution in [0.1, 0.15) is 10.4 Å². The molecule has 2 aromatic rings. The summed E-state index contributed by atoms with van der Waals surface area (Å²) in [6, 6.07) is 11.6. The number of nitrogens with one attached hydrogen (secondary N) is 1. The molecule has 4 nitrogen and oxygen atoms in total. The van der Waals surface area contributed by atoms with E-state index in [1.54, 1.807) is 6.07 Å². The highest BCUT2D eigenvalue weighted by atomic mass is 32.1. The molecule has 1 aromatic carbocycles. The third-order valence-corrected chi connectivity index (χ3v) is 4.25. The van der Waals surface area contributed by atoms with E-state index in [0.29, 0.717) is 4.88 Å². The first kappa shape index (κ1) is 12.6. The minimum Gasteiger partial charge on any atom is -0.502 e. The summed E-state index contributed by atoms with van der Waals surface area (Å²) in [7, 11) is 0. The van der Waals surface area contributed by atoms with Gasteiger partial charge in [-0.05, 0) is 24.6 Å². The summed E-state index contributed by atoms with van der Waals surface area (Å²) in [6.07, 6.45) is 0. The Morgan fingerprint density at radius 1 is 0.950 bits per heavy atom. The van der Waals surface area contributed by atoms with Gasteiger partial charge in [-0.15, -0.1) is 11.3 Å². The molecule has 1 aliphatic heterocycles. The van der Waals surface area contributed by atoms with Crippen LogP contribution in [-0.2, 0) is 9.59 Å². The van der Waals surface area contributed by atoms with Crippen molar-refractivity contribution in [1.82, 2.24) is 5.32 Å². The molecule has 100 valence electrons. The average Bonchev–Trinajstić information content (AvgIpc) is 2.97. The van der Waals surface area contributed by atoms with E-state index in [1.807, 2.05) is 37.3 Å². The molecule has 20 heavy (non-hydrogen) atoms. The predicted octanol–water partition coefficient (Wildman–Crippen LogP) is 2.65. The molecule has 0 fully saturated rings. The summed E-state index contributed by atoms with van der Waals surface area (Å²) in [5.74, 6) is -1.80. The predicted molar refractivity (Wildman–Crippen MR) is 77.2 cm³/mol. The molecular formula is C15H11NO3S. The van der Waals surface area contributed by atoms with Gasteiger partial charge < -0.3 is 5.11 Å². The van der Waals surface area contributed by atoms with E-state index >= 15 is 0 Å². The van der Waals surface area contributed by atoms with Gasteiger partial charge in [-0.2, -0.15) is 0 Å². The van der Waals surface area contributed by atoms with Gasteiger partial charge in [0, 0.05) is 9.75 Å². The number of hydrogen-bond acceptors (Lipinski definition) is 4. The molecule has 0 bridgehead atoms. The summed E-state index contributed by atoms with van der Waals surface area (Å²) in [5, 5.41) is 11.7. The number of benzene rings is 1. The zero-order valence-corrected chi connectivity index (χ0v) is 11.5. The van der Waals surface area contributed by atoms with Crippen LogP contribution in [0.3, 0.4) is 0 Å². The third kappa shape index (κ3) is 2.02. The van der Waals surface area contributed by atoms with Gasteiger partial charge in [-0.25, -0.2) is 0 Å². The molecule has 0 spiro atoms. The number of aryl methyl sites for hydroxylation is 1. The van der Waals surface area contributed by atoms with Gasteiger partial charge in [0.05, 0.1) is 0 Å². The van der Waals surface area contributed by atoms with Crippen molar-refractivity contribution in [2.24, 2.45) is 0 Å². The minimum absolute atomic E-state index is 0.0540. The van der Waals surface area contributed by atoms with Crippen molar-refractivity contribution in [2.45, 2.75) is 6.92 Å². The first-order valence-electron chi connectivity index (χ1n) is 6.02. The van der Waals surface area contributed by atoms with Crippen molar-refractivity contribution >= 4 is 28.7 Å². The molecule has 1 aliphatic rings. The summed E-state index contributed by atoms with van der Waals surface area (Å²) in [6.45, 7) is 2.01. The molecule has 5 heteroatoms. The molecule has 0 saturated carbocycles. The van der Waals surface area contributed by atoms with Crippen LogP contribution in [0.2, 0.25) is 0 Å². The Morgan fingerprint density at radius 3 is 2.20 bits per heavy atom. The van der Waals surface area contributed by atoms with Crippen LogP contribution in [0.25, 0.3) is 16.0 Å². The van der Waals surface area contributed by atoms with Crippen LogP contribution in [0.15, 0.2) is 42.2 Å². The second-order valence-corrected chi connectivity index (χ2v) is 5.62. The van der Waals surface area contributed by atoms with Crippen LogP contribution in [-0.4, -0.2) is 16.9 Å². The highest BCUT2D eigenvalue weighted by Crippen LogP contribution is 2.34. The van der Waals surface area contributed by atoms with E-state index in [1.165, 1.54) is 16.9 Å². The fraction of sp³-hybridized carbons (Fsp3) is 0.0667. The van der Waals surface area contributed by atoms with Crippen LogP contribution in [0.4, 0.5) is 0 Å². The van der Waals surface area contributed by atoms with Crippen LogP contribution < -0.4 is 5.32 Å². The lowest BCUT2D eigenvalue weighted by Crippen LogP contribution is -2.22. The second kappa shape index (κ2) is 4.61. The Morgan fingerprint density at radius 2 is 1.60 bits per heavy atom. The highest BCUT2D eigenvalue weighted by Gasteiger charge is 2.32. The van der Waals surface area contributed by atoms with Crippen molar-refractivity contribution in [3.8, 4) is 10.4 Å². The van der Waals surface area contributed by atoms with Gasteiger partial charge >= 0.3 is 0 Å². The van der Waals surface area contributed by atoms with Crippen molar-refractivity contribution in [3.63, 3.8) is 0 Å². The Labute approximate surface area is 119 Å². The molecule has 0 radical (unpaired) electrons. The maximum absolute atomic E-state index is 11.6. The minimum atomic E-state index is -0.740. The quantitative estimate of drug-likeness (QED) is 0.834. The number of amides is 2. The molecule has 0 aliphatic carbocycles. The first-order chi connectivity index (χ1) is 9.56. The lowest BCUT2D eigenvalue weighted by Gasteiger charge is -1.98. The zero-order chi connectivity index (χ0) is 14.3. The number of aliphatic hydroxyl groups excluding tert-OH is 1. The standard InChI is InChI=1S/C15H11NO3S/c1-8-2-4-9(5-3-8)10-6-7-11(20-10)12-13(17)15(19)16-14(12)18/h2-7H,1H3,(H2,16,17,18,19). The molecule has 2 N–H and O–H groups in total. The zero-order valence-electron chi connectivity index (χ0n) is 10.6. The topological polar surface area (TPSA) is 66.4 Å². The van der Waals surface area contributed by atoms with Gasteiger partial charge in [0.1, 0.15) is 5.57 Å². The summed E-state index contributed by atoms with van der Waals surface area (Å²) < 4.78 is 0. The number of thiophene rings is 1. The Balaban J connectivity index is 2.01. The second-order valence-electron chi connectivity index (χ2n) is 4.54. The molecule has 2 amide bonds. The molecule has 2 heterocycles. The van der Waals surface area contributed by atoms with Crippen molar-refractivity contribution in [3.05, 3.63) is 52.6 Å². The molecule has 0 saturated heterocycles. The van der Waals surface area contributed by atoms with Gasteiger partial charge in [0.2, 0.25) is 0 Å². The number of rotatable bonds is 2. The Hall–Kier alpha value is -2.40. The lowest BCUT2D eigenvalue weighted by atomic mass is 10.1. The van der Waals surface area contributed by atoms with Crippen LogP contribution in [0, 0.1) is 6.92 Å². The smallest absolute Gasteiger partial charge is 0.293 e. The van der Waals surface area contributed by atoms with Crippen LogP contribution in [0.5, 0.6) is 0 Å². The summed E-state index contributed by atoms with van der Waals surface area (Å²) in [4.78, 5) is 24.5. The molecule has 1 aromatic heterocycles. The van der Waals surface area contributed by atoms with E-state index in [-0.39, 0.29) is 5.57 Å². The van der Waals surface area contributed by atoms with Gasteiger partial charge in [-0.3, -0.25) is 14.9 Å². The molecule has 0 unspecified atom stereocenters. The van der Waals surface area contributed by atoms with Crippen molar-refractivity contribution in [2.75, 3.05) is 0 Å². The highest BCUT2D eigenvalue weighted by molar-refractivity contribution is 7.17. The SMILES string of the molecule is Cc1ccc(-c2ccc(C3=C(O)C(=O)NC3=O)s2)cc1. The maximum atomic E-state index is 11.6. The summed E-state index contributed by atoms with van der Waals surface area (Å²) in [5.41, 5.74) is 2.27. The van der Waals surface area contributed by atoms with Gasteiger partial charge in [-0.1, -0.05) is 29.8 Å². The molecule has 3 rings (SSSR count). The van der Waals surface area contributed by atoms with E-state index in [9.17, 15) is 14.7 Å². The van der Waals surface area contributed by atoms with E-state index in [4.69, 9.17) is 0 Å². The molecule has 0 atom stereocenters. The number of imide groups is 1. The Kier molecular flexibility index (Phi) is 2.91. The van der Waals surface area contributed by atoms with E-state index in [0.717, 1.165) is 10.4 Å². The van der Waals surface area contributed by atoms with E-state index < -0.39 is 17.6 Å². The van der Waals surface area contributed by atoms with Crippen LogP contribution >= 0.6 is 11.3 Å². The average molecular weight is 285 g/mol. The third-order valence-electron chi connectivity index (χ3n) is 3.09. The number of carbonyl (C=O) groups is 2. The fourth-order valence-corrected chi connectivity index (χ4v) is 3.07. The monoisotopic (exact) mass is 285 g/mol. The number of carbonyl (C=O) groups excluding carboxylic acids is 2. The Bertz CT molecular complexity index is 741. The van der Waals surface area contributed by atoms with E-state index in [2.05, 4.69) is 5.32 Å². The molecular weight excluding hydrogens is 274 g/mol. The largest absolute Gasteiger partial charge is 0.502 e. The number of aliphatic hydroxyl groups is 1. The first-order valence-corrected chi connectivity index (χ1v) is 6.84. The van der Waals surface area contributed by atoms with Crippen molar-refractivity contribution in [1.29, 1.82) is 0 Å². The number of hydrogen-bond donors (Lipinski definition) is 2. The van der Waals surface area contributed by atoms with Gasteiger partial charge in [0.15, 0.2) is 5.76 Å². The fourth-order valence-electron chi connectivity index (χ4n) is 2.02. The van der Waals surface area contributed by atoms with Crippen molar-refractivity contribution < 1.29 is 14.7 Å². The summed E-state index contributed by atoms with van der Waals surface area (Å²) >= 11 is 1.37. The maximum Gasteiger partial charge on any atom is 0.293 e.